The van der Waals surface area contributed by atoms with Crippen molar-refractivity contribution in [3.63, 3.8) is 0 Å². The molecule has 31 heavy (non-hydrogen) atoms. The Morgan fingerprint density at radius 1 is 1.00 bits per heavy atom. The van der Waals surface area contributed by atoms with Gasteiger partial charge in [-0.3, -0.25) is 4.79 Å². The van der Waals surface area contributed by atoms with E-state index in [1.807, 2.05) is 84.9 Å². The van der Waals surface area contributed by atoms with Gasteiger partial charge in [0.15, 0.2) is 0 Å². The van der Waals surface area contributed by atoms with Crippen LogP contribution in [0, 0.1) is 0 Å². The van der Waals surface area contributed by atoms with Crippen LogP contribution in [0.25, 0.3) is 22.9 Å². The van der Waals surface area contributed by atoms with Gasteiger partial charge >= 0.3 is 0 Å². The first-order valence-electron chi connectivity index (χ1n) is 9.57. The van der Waals surface area contributed by atoms with Gasteiger partial charge in [-0.25, -0.2) is 4.98 Å². The number of hydrogen-bond acceptors (Lipinski definition) is 2. The maximum absolute atomic E-state index is 13.1. The lowest BCUT2D eigenvalue weighted by Crippen LogP contribution is -2.23. The Labute approximate surface area is 192 Å². The summed E-state index contributed by atoms with van der Waals surface area (Å²) in [6.45, 7) is 0.401. The summed E-state index contributed by atoms with van der Waals surface area (Å²) in [6.07, 6.45) is 5.32. The van der Waals surface area contributed by atoms with Gasteiger partial charge in [-0.05, 0) is 40.5 Å². The van der Waals surface area contributed by atoms with E-state index in [-0.39, 0.29) is 18.3 Å². The Morgan fingerprint density at radius 3 is 2.45 bits per heavy atom. The number of rotatable bonds is 6. The summed E-state index contributed by atoms with van der Waals surface area (Å²) in [5, 5.41) is 3.65. The molecule has 2 N–H and O–H groups in total. The van der Waals surface area contributed by atoms with Crippen LogP contribution in [0.2, 0.25) is 5.02 Å². The number of carbonyl (C=O) groups is 1. The Kier molecular flexibility index (Phi) is 7.65. The lowest BCUT2D eigenvalue weighted by Gasteiger charge is -2.11. The number of halogens is 2. The van der Waals surface area contributed by atoms with E-state index in [1.165, 1.54) is 0 Å². The lowest BCUT2D eigenvalue weighted by molar-refractivity contribution is -0.115. The van der Waals surface area contributed by atoms with Gasteiger partial charge in [0.1, 0.15) is 0 Å². The molecule has 4 aromatic rings. The van der Waals surface area contributed by atoms with E-state index >= 15 is 0 Å². The number of benzene rings is 3. The highest BCUT2D eigenvalue weighted by atomic mass is 35.5. The van der Waals surface area contributed by atoms with E-state index < -0.39 is 0 Å². The van der Waals surface area contributed by atoms with Crippen molar-refractivity contribution < 1.29 is 4.79 Å². The van der Waals surface area contributed by atoms with Crippen molar-refractivity contribution in [2.45, 2.75) is 6.54 Å². The molecule has 0 aliphatic heterocycles. The monoisotopic (exact) mass is 449 g/mol. The zero-order valence-corrected chi connectivity index (χ0v) is 18.2. The number of amides is 1. The molecule has 0 spiro atoms. The smallest absolute Gasteiger partial charge is 0.252 e. The Hall–Kier alpha value is -3.34. The van der Waals surface area contributed by atoms with Gasteiger partial charge < -0.3 is 10.3 Å². The third-order valence-corrected chi connectivity index (χ3v) is 4.94. The second-order valence-electron chi connectivity index (χ2n) is 6.82. The first kappa shape index (κ1) is 22.3. The van der Waals surface area contributed by atoms with Gasteiger partial charge in [0.25, 0.3) is 5.91 Å². The van der Waals surface area contributed by atoms with Crippen LogP contribution in [-0.4, -0.2) is 15.9 Å². The number of carbonyl (C=O) groups excluding carboxylic acids is 1. The molecule has 0 aliphatic carbocycles. The van der Waals surface area contributed by atoms with Gasteiger partial charge in [0.2, 0.25) is 0 Å². The second-order valence-corrected chi connectivity index (χ2v) is 7.26. The molecule has 0 bridgehead atoms. The summed E-state index contributed by atoms with van der Waals surface area (Å²) < 4.78 is 0. The van der Waals surface area contributed by atoms with Gasteiger partial charge in [-0.2, -0.15) is 0 Å². The molecule has 0 saturated carbocycles. The Bertz CT molecular complexity index is 1160. The number of hydrogen-bond donors (Lipinski definition) is 2. The molecular formula is C25H21Cl2N3O. The van der Waals surface area contributed by atoms with Crippen LogP contribution in [0.4, 0.5) is 0 Å². The SMILES string of the molecule is Cl.O=C(NCc1cccc(Cl)c1)C(=Cc1ccccc1)c1ccc(-c2cnc[nH]2)cc1. The third kappa shape index (κ3) is 5.85. The highest BCUT2D eigenvalue weighted by Crippen LogP contribution is 2.23. The molecule has 1 heterocycles. The molecule has 4 nitrogen and oxygen atoms in total. The van der Waals surface area contributed by atoms with Crippen LogP contribution in [-0.2, 0) is 11.3 Å². The first-order chi connectivity index (χ1) is 14.7. The highest BCUT2D eigenvalue weighted by molar-refractivity contribution is 6.30. The predicted molar refractivity (Wildman–Crippen MR) is 129 cm³/mol. The molecule has 0 unspecified atom stereocenters. The van der Waals surface area contributed by atoms with Crippen LogP contribution in [0.3, 0.4) is 0 Å². The van der Waals surface area contributed by atoms with E-state index in [9.17, 15) is 4.79 Å². The minimum atomic E-state index is -0.145. The van der Waals surface area contributed by atoms with Crippen LogP contribution in [0.5, 0.6) is 0 Å². The molecule has 3 aromatic carbocycles. The van der Waals surface area contributed by atoms with E-state index in [4.69, 9.17) is 11.6 Å². The summed E-state index contributed by atoms with van der Waals surface area (Å²) in [4.78, 5) is 20.2. The lowest BCUT2D eigenvalue weighted by atomic mass is 10.00. The van der Waals surface area contributed by atoms with Crippen LogP contribution >= 0.6 is 24.0 Å². The van der Waals surface area contributed by atoms with Gasteiger partial charge in [0, 0.05) is 17.1 Å². The van der Waals surface area contributed by atoms with Crippen LogP contribution in [0.1, 0.15) is 16.7 Å². The number of nitrogens with zero attached hydrogens (tertiary/aromatic N) is 1. The maximum Gasteiger partial charge on any atom is 0.252 e. The normalized spacial score (nSPS) is 10.9. The molecule has 0 aliphatic rings. The van der Waals surface area contributed by atoms with Crippen molar-refractivity contribution in [3.05, 3.63) is 113 Å². The predicted octanol–water partition coefficient (Wildman–Crippen LogP) is 6.01. The van der Waals surface area contributed by atoms with Crippen molar-refractivity contribution in [3.8, 4) is 11.3 Å². The van der Waals surface area contributed by atoms with E-state index in [0.717, 1.165) is 27.9 Å². The van der Waals surface area contributed by atoms with Crippen molar-refractivity contribution in [2.75, 3.05) is 0 Å². The Balaban J connectivity index is 0.00000272. The van der Waals surface area contributed by atoms with Crippen molar-refractivity contribution in [1.29, 1.82) is 0 Å². The Morgan fingerprint density at radius 2 is 1.77 bits per heavy atom. The summed E-state index contributed by atoms with van der Waals surface area (Å²) in [7, 11) is 0. The zero-order chi connectivity index (χ0) is 20.8. The molecular weight excluding hydrogens is 429 g/mol. The summed E-state index contributed by atoms with van der Waals surface area (Å²) in [6, 6.07) is 25.1. The third-order valence-electron chi connectivity index (χ3n) is 4.70. The second kappa shape index (κ2) is 10.6. The molecule has 1 amide bonds. The van der Waals surface area contributed by atoms with Gasteiger partial charge in [-0.15, -0.1) is 12.4 Å². The fourth-order valence-electron chi connectivity index (χ4n) is 3.16. The molecule has 0 fully saturated rings. The first-order valence-corrected chi connectivity index (χ1v) is 9.95. The molecule has 6 heteroatoms. The average Bonchev–Trinajstić information content (AvgIpc) is 3.32. The minimum Gasteiger partial charge on any atom is -0.348 e. The molecule has 0 radical (unpaired) electrons. The maximum atomic E-state index is 13.1. The van der Waals surface area contributed by atoms with Crippen molar-refractivity contribution in [1.82, 2.24) is 15.3 Å². The topological polar surface area (TPSA) is 57.8 Å². The van der Waals surface area contributed by atoms with E-state index in [0.29, 0.717) is 17.1 Å². The highest BCUT2D eigenvalue weighted by Gasteiger charge is 2.13. The molecule has 4 rings (SSSR count). The number of H-pyrrole nitrogens is 1. The fourth-order valence-corrected chi connectivity index (χ4v) is 3.38. The quantitative estimate of drug-likeness (QED) is 0.279. The molecule has 156 valence electrons. The molecule has 0 saturated heterocycles. The zero-order valence-electron chi connectivity index (χ0n) is 16.6. The van der Waals surface area contributed by atoms with Crippen molar-refractivity contribution >= 4 is 41.6 Å². The molecule has 1 aromatic heterocycles. The number of aromatic amines is 1. The van der Waals surface area contributed by atoms with Gasteiger partial charge in [0.05, 0.1) is 18.2 Å². The van der Waals surface area contributed by atoms with Crippen LogP contribution in [0.15, 0.2) is 91.4 Å². The van der Waals surface area contributed by atoms with E-state index in [1.54, 1.807) is 12.5 Å². The van der Waals surface area contributed by atoms with Crippen molar-refractivity contribution in [2.24, 2.45) is 0 Å². The number of imidazole rings is 1. The molecule has 0 atom stereocenters. The van der Waals surface area contributed by atoms with Crippen LogP contribution < -0.4 is 5.32 Å². The summed E-state index contributed by atoms with van der Waals surface area (Å²) >= 11 is 6.05. The largest absolute Gasteiger partial charge is 0.348 e. The average molecular weight is 450 g/mol. The summed E-state index contributed by atoms with van der Waals surface area (Å²) in [5.74, 6) is -0.145. The standard InChI is InChI=1S/C25H20ClN3O.ClH/c26-22-8-4-7-19(13-22)15-28-25(30)23(14-18-5-2-1-3-6-18)20-9-11-21(12-10-20)24-16-27-17-29-24;/h1-14,16-17H,15H2,(H,27,29)(H,28,30);1H. The fraction of sp³-hybridized carbons (Fsp3) is 0.0400. The number of aromatic nitrogens is 2. The number of nitrogens with one attached hydrogen (secondary N) is 2. The minimum absolute atomic E-state index is 0. The summed E-state index contributed by atoms with van der Waals surface area (Å²) in [5.41, 5.74) is 5.29. The van der Waals surface area contributed by atoms with E-state index in [2.05, 4.69) is 15.3 Å². The van der Waals surface area contributed by atoms with Gasteiger partial charge in [-0.1, -0.05) is 78.3 Å².